The summed E-state index contributed by atoms with van der Waals surface area (Å²) in [5.74, 6) is 0.259. The van der Waals surface area contributed by atoms with Crippen LogP contribution in [-0.4, -0.2) is 37.4 Å². The second kappa shape index (κ2) is 13.6. The highest BCUT2D eigenvalue weighted by molar-refractivity contribution is 7.16. The van der Waals surface area contributed by atoms with E-state index in [0.29, 0.717) is 42.3 Å². The topological polar surface area (TPSA) is 130 Å². The molecule has 2 aliphatic carbocycles. The first-order chi connectivity index (χ1) is 17.4. The number of anilines is 1. The van der Waals surface area contributed by atoms with Crippen LogP contribution in [0.25, 0.3) is 0 Å². The van der Waals surface area contributed by atoms with Crippen LogP contribution in [0.2, 0.25) is 0 Å². The molecule has 2 aliphatic rings. The molecule has 0 bridgehead atoms. The van der Waals surface area contributed by atoms with Crippen LogP contribution in [0, 0.1) is 23.2 Å². The first-order valence-electron chi connectivity index (χ1n) is 12.5. The van der Waals surface area contributed by atoms with Crippen LogP contribution >= 0.6 is 11.3 Å². The van der Waals surface area contributed by atoms with Gasteiger partial charge in [-0.1, -0.05) is 30.7 Å². The molecule has 2 amide bonds. The molecule has 0 saturated carbocycles. The summed E-state index contributed by atoms with van der Waals surface area (Å²) >= 11 is 1.47. The summed E-state index contributed by atoms with van der Waals surface area (Å²) in [6.07, 6.45) is 13.5. The zero-order valence-electron chi connectivity index (χ0n) is 21.0. The number of carbonyl (C=O) groups excluding carboxylic acids is 2. The van der Waals surface area contributed by atoms with E-state index < -0.39 is 6.09 Å². The smallest absolute Gasteiger partial charge is 0.407 e. The lowest BCUT2D eigenvalue weighted by atomic mass is 9.88. The number of carbonyl (C=O) groups is 2. The Hall–Kier alpha value is -3.38. The van der Waals surface area contributed by atoms with Gasteiger partial charge in [0.15, 0.2) is 0 Å². The van der Waals surface area contributed by atoms with Crippen molar-refractivity contribution >= 4 is 34.0 Å². The zero-order valence-corrected chi connectivity index (χ0v) is 21.8. The van der Waals surface area contributed by atoms with E-state index in [1.165, 1.54) is 23.1 Å². The molecule has 0 radical (unpaired) electrons. The molecular formula is C27H35N5O3S. The lowest BCUT2D eigenvalue weighted by Gasteiger charge is -2.21. The number of aliphatic imine (C=N–C) groups is 1. The Bertz CT molecular complexity index is 1110. The fraction of sp³-hybridized carbons (Fsp3) is 0.481. The van der Waals surface area contributed by atoms with Gasteiger partial charge in [0.1, 0.15) is 11.1 Å². The summed E-state index contributed by atoms with van der Waals surface area (Å²) in [5.41, 5.74) is 8.96. The van der Waals surface area contributed by atoms with Crippen molar-refractivity contribution < 1.29 is 14.3 Å². The van der Waals surface area contributed by atoms with Gasteiger partial charge in [-0.2, -0.15) is 5.26 Å². The van der Waals surface area contributed by atoms with E-state index in [2.05, 4.69) is 46.8 Å². The number of allylic oxidation sites excluding steroid dienone is 4. The SMILES string of the molecule is CCN=C(C=CN)CNC(=O)OCC1CCc2c(sc(NC(=O)CC(C)C3=CC=CCC3)c2C#N)C1. The Morgan fingerprint density at radius 2 is 2.25 bits per heavy atom. The van der Waals surface area contributed by atoms with Gasteiger partial charge in [-0.05, 0) is 68.7 Å². The van der Waals surface area contributed by atoms with Crippen LogP contribution in [0.3, 0.4) is 0 Å². The maximum Gasteiger partial charge on any atom is 0.407 e. The molecule has 9 heteroatoms. The average molecular weight is 510 g/mol. The standard InChI is InChI=1S/C27H35N5O3S/c1-3-30-21(11-12-28)16-31-27(34)35-17-19-9-10-22-23(15-29)26(36-24(22)14-19)32-25(33)13-18(2)20-7-5-4-6-8-20/h4-5,7,11-12,18-19H,3,6,8-10,13-14,16-17,28H2,1-2H3,(H,31,34)(H,32,33). The highest BCUT2D eigenvalue weighted by atomic mass is 32.1. The van der Waals surface area contributed by atoms with Gasteiger partial charge in [-0.25, -0.2) is 4.79 Å². The van der Waals surface area contributed by atoms with Crippen LogP contribution < -0.4 is 16.4 Å². The van der Waals surface area contributed by atoms with Crippen molar-refractivity contribution in [3.63, 3.8) is 0 Å². The summed E-state index contributed by atoms with van der Waals surface area (Å²) in [7, 11) is 0. The molecule has 2 atom stereocenters. The van der Waals surface area contributed by atoms with Gasteiger partial charge < -0.3 is 21.1 Å². The molecule has 1 aromatic rings. The number of nitriles is 1. The number of hydrogen-bond acceptors (Lipinski definition) is 7. The van der Waals surface area contributed by atoms with Crippen LogP contribution in [0.1, 0.15) is 55.5 Å². The van der Waals surface area contributed by atoms with Crippen LogP contribution in [-0.2, 0) is 22.4 Å². The molecule has 0 aromatic carbocycles. The summed E-state index contributed by atoms with van der Waals surface area (Å²) < 4.78 is 5.43. The van der Waals surface area contributed by atoms with E-state index in [9.17, 15) is 14.9 Å². The van der Waals surface area contributed by atoms with Crippen molar-refractivity contribution in [1.82, 2.24) is 5.32 Å². The van der Waals surface area contributed by atoms with Crippen LogP contribution in [0.4, 0.5) is 9.80 Å². The molecule has 0 fully saturated rings. The number of fused-ring (bicyclic) bond motifs is 1. The van der Waals surface area contributed by atoms with Crippen molar-refractivity contribution in [2.45, 2.75) is 52.4 Å². The number of alkyl carbamates (subject to hydrolysis) is 1. The number of thiophene rings is 1. The largest absolute Gasteiger partial charge is 0.449 e. The molecule has 1 heterocycles. The Labute approximate surface area is 217 Å². The predicted octanol–water partition coefficient (Wildman–Crippen LogP) is 4.63. The van der Waals surface area contributed by atoms with Crippen molar-refractivity contribution in [2.75, 3.05) is 25.0 Å². The Kier molecular flexibility index (Phi) is 10.3. The van der Waals surface area contributed by atoms with E-state index in [4.69, 9.17) is 10.5 Å². The summed E-state index contributed by atoms with van der Waals surface area (Å²) in [6.45, 7) is 5.13. The highest BCUT2D eigenvalue weighted by Crippen LogP contribution is 2.39. The quantitative estimate of drug-likeness (QED) is 0.396. The van der Waals surface area contributed by atoms with Crippen LogP contribution in [0.5, 0.6) is 0 Å². The third kappa shape index (κ3) is 7.56. The second-order valence-corrected chi connectivity index (χ2v) is 10.2. The monoisotopic (exact) mass is 509 g/mol. The number of nitrogens with two attached hydrogens (primary N) is 1. The number of ether oxygens (including phenoxy) is 1. The summed E-state index contributed by atoms with van der Waals surface area (Å²) in [6, 6.07) is 2.29. The first kappa shape index (κ1) is 27.2. The van der Waals surface area contributed by atoms with Gasteiger partial charge >= 0.3 is 6.09 Å². The molecule has 192 valence electrons. The van der Waals surface area contributed by atoms with E-state index in [1.807, 2.05) is 6.92 Å². The molecule has 0 aliphatic heterocycles. The van der Waals surface area contributed by atoms with Gasteiger partial charge in [0.2, 0.25) is 5.91 Å². The lowest BCUT2D eigenvalue weighted by Crippen LogP contribution is -2.31. The minimum Gasteiger partial charge on any atom is -0.449 e. The van der Waals surface area contributed by atoms with E-state index >= 15 is 0 Å². The fourth-order valence-electron chi connectivity index (χ4n) is 4.51. The second-order valence-electron chi connectivity index (χ2n) is 9.07. The van der Waals surface area contributed by atoms with Gasteiger partial charge in [-0.3, -0.25) is 9.79 Å². The lowest BCUT2D eigenvalue weighted by molar-refractivity contribution is -0.116. The average Bonchev–Trinajstić information content (AvgIpc) is 3.22. The number of hydrogen-bond donors (Lipinski definition) is 3. The third-order valence-corrected chi connectivity index (χ3v) is 7.59. The number of amides is 2. The number of nitrogens with one attached hydrogen (secondary N) is 2. The van der Waals surface area contributed by atoms with Gasteiger partial charge in [0.25, 0.3) is 0 Å². The predicted molar refractivity (Wildman–Crippen MR) is 144 cm³/mol. The molecule has 36 heavy (non-hydrogen) atoms. The maximum absolute atomic E-state index is 12.7. The normalized spacial score (nSPS) is 18.2. The van der Waals surface area contributed by atoms with E-state index in [-0.39, 0.29) is 24.3 Å². The summed E-state index contributed by atoms with van der Waals surface area (Å²) in [5, 5.41) is 16.1. The third-order valence-electron chi connectivity index (χ3n) is 6.42. The highest BCUT2D eigenvalue weighted by Gasteiger charge is 2.27. The van der Waals surface area contributed by atoms with Gasteiger partial charge in [0.05, 0.1) is 24.4 Å². The van der Waals surface area contributed by atoms with E-state index in [1.54, 1.807) is 6.08 Å². The van der Waals surface area contributed by atoms with Crippen molar-refractivity contribution in [3.8, 4) is 6.07 Å². The number of rotatable bonds is 10. The Balaban J connectivity index is 1.53. The van der Waals surface area contributed by atoms with Crippen molar-refractivity contribution in [3.05, 3.63) is 52.1 Å². The summed E-state index contributed by atoms with van der Waals surface area (Å²) in [4.78, 5) is 30.2. The minimum absolute atomic E-state index is 0.0694. The van der Waals surface area contributed by atoms with Crippen LogP contribution in [0.15, 0.2) is 41.1 Å². The molecule has 3 rings (SSSR count). The Morgan fingerprint density at radius 1 is 1.42 bits per heavy atom. The Morgan fingerprint density at radius 3 is 2.94 bits per heavy atom. The van der Waals surface area contributed by atoms with Gasteiger partial charge in [0, 0.05) is 17.8 Å². The molecule has 0 spiro atoms. The molecule has 1 aromatic heterocycles. The minimum atomic E-state index is -0.496. The molecular weight excluding hydrogens is 474 g/mol. The molecule has 8 nitrogen and oxygen atoms in total. The van der Waals surface area contributed by atoms with Gasteiger partial charge in [-0.15, -0.1) is 11.3 Å². The number of nitrogens with zero attached hydrogens (tertiary/aromatic N) is 2. The first-order valence-corrected chi connectivity index (χ1v) is 13.3. The molecule has 4 N–H and O–H groups in total. The fourth-order valence-corrected chi connectivity index (χ4v) is 5.84. The van der Waals surface area contributed by atoms with Crippen molar-refractivity contribution in [1.29, 1.82) is 5.26 Å². The van der Waals surface area contributed by atoms with Crippen molar-refractivity contribution in [2.24, 2.45) is 22.6 Å². The van der Waals surface area contributed by atoms with E-state index in [0.717, 1.165) is 36.1 Å². The zero-order chi connectivity index (χ0) is 25.9. The maximum atomic E-state index is 12.7. The molecule has 0 saturated heterocycles. The molecule has 2 unspecified atom stereocenters.